The molecule has 0 aromatic carbocycles. The summed E-state index contributed by atoms with van der Waals surface area (Å²) in [5.41, 5.74) is 0. The van der Waals surface area contributed by atoms with E-state index in [1.165, 1.54) is 7.11 Å². The van der Waals surface area contributed by atoms with E-state index in [1.54, 1.807) is 11.8 Å². The highest BCUT2D eigenvalue weighted by Gasteiger charge is 2.37. The second-order valence-corrected chi connectivity index (χ2v) is 5.18. The van der Waals surface area contributed by atoms with Crippen LogP contribution in [0.3, 0.4) is 0 Å². The van der Waals surface area contributed by atoms with Crippen LogP contribution in [0.4, 0.5) is 0 Å². The van der Waals surface area contributed by atoms with Crippen molar-refractivity contribution in [3.8, 4) is 0 Å². The van der Waals surface area contributed by atoms with Crippen molar-refractivity contribution in [3.05, 3.63) is 11.8 Å². The zero-order chi connectivity index (χ0) is 10.9. The van der Waals surface area contributed by atoms with Crippen LogP contribution in [0, 0.1) is 0 Å². The molecule has 2 heterocycles. The Morgan fingerprint density at radius 1 is 1.60 bits per heavy atom. The number of methoxy groups -OCH3 is 1. The summed E-state index contributed by atoms with van der Waals surface area (Å²) in [6.07, 6.45) is 2.14. The molecule has 5 nitrogen and oxygen atoms in total. The molecule has 0 N–H and O–H groups in total. The lowest BCUT2D eigenvalue weighted by atomic mass is 10.1. The number of hydrogen-bond donors (Lipinski definition) is 0. The number of nitrogens with zero attached hydrogens (tertiary/aromatic N) is 2. The van der Waals surface area contributed by atoms with Crippen LogP contribution in [0.15, 0.2) is 4.42 Å². The Balaban J connectivity index is 2.23. The summed E-state index contributed by atoms with van der Waals surface area (Å²) in [7, 11) is 1.29. The molecule has 0 saturated carbocycles. The normalized spacial score (nSPS) is 25.5. The first kappa shape index (κ1) is 10.5. The number of ether oxygens (including phenoxy) is 1. The molecule has 1 unspecified atom stereocenters. The van der Waals surface area contributed by atoms with E-state index in [-0.39, 0.29) is 10.6 Å². The molecule has 0 spiro atoms. The molecular weight excluding hydrogens is 216 g/mol. The second-order valence-electron chi connectivity index (χ2n) is 3.59. The third-order valence-corrected chi connectivity index (χ3v) is 3.96. The number of rotatable bonds is 2. The van der Waals surface area contributed by atoms with Gasteiger partial charge in [0.2, 0.25) is 5.89 Å². The Bertz CT molecular complexity index is 371. The first-order chi connectivity index (χ1) is 7.15. The van der Waals surface area contributed by atoms with Crippen LogP contribution < -0.4 is 0 Å². The maximum atomic E-state index is 11.1. The number of carbonyl (C=O) groups excluding carboxylic acids is 1. The molecular formula is C9H12N2O3S. The van der Waals surface area contributed by atoms with Crippen LogP contribution in [-0.2, 0) is 9.48 Å². The highest BCUT2D eigenvalue weighted by Crippen LogP contribution is 2.45. The lowest BCUT2D eigenvalue weighted by Gasteiger charge is -2.16. The van der Waals surface area contributed by atoms with Crippen LogP contribution in [0.2, 0.25) is 0 Å². The van der Waals surface area contributed by atoms with Gasteiger partial charge in [-0.2, -0.15) is 0 Å². The second kappa shape index (κ2) is 3.84. The molecule has 1 saturated heterocycles. The van der Waals surface area contributed by atoms with Gasteiger partial charge in [0.1, 0.15) is 0 Å². The van der Waals surface area contributed by atoms with Gasteiger partial charge >= 0.3 is 11.9 Å². The molecule has 0 bridgehead atoms. The fourth-order valence-corrected chi connectivity index (χ4v) is 2.79. The average molecular weight is 228 g/mol. The van der Waals surface area contributed by atoms with E-state index in [9.17, 15) is 4.79 Å². The van der Waals surface area contributed by atoms with Gasteiger partial charge in [0.05, 0.1) is 11.9 Å². The minimum absolute atomic E-state index is 0.0683. The summed E-state index contributed by atoms with van der Waals surface area (Å²) in [5.74, 6) is 0.957. The summed E-state index contributed by atoms with van der Waals surface area (Å²) in [6.45, 7) is 2.05. The van der Waals surface area contributed by atoms with Crippen molar-refractivity contribution >= 4 is 17.7 Å². The number of carbonyl (C=O) groups is 1. The summed E-state index contributed by atoms with van der Waals surface area (Å²) < 4.78 is 9.67. The van der Waals surface area contributed by atoms with E-state index < -0.39 is 5.97 Å². The molecule has 1 aliphatic rings. The molecule has 15 heavy (non-hydrogen) atoms. The topological polar surface area (TPSA) is 65.2 Å². The molecule has 1 aromatic rings. The molecule has 0 aliphatic carbocycles. The van der Waals surface area contributed by atoms with E-state index in [2.05, 4.69) is 21.9 Å². The van der Waals surface area contributed by atoms with Gasteiger partial charge in [-0.15, -0.1) is 22.0 Å². The number of aromatic nitrogens is 2. The predicted molar refractivity (Wildman–Crippen MR) is 54.7 cm³/mol. The highest BCUT2D eigenvalue weighted by molar-refractivity contribution is 8.00. The number of hydrogen-bond acceptors (Lipinski definition) is 6. The summed E-state index contributed by atoms with van der Waals surface area (Å²) >= 11 is 1.78. The summed E-state index contributed by atoms with van der Waals surface area (Å²) in [5, 5.41) is 7.57. The van der Waals surface area contributed by atoms with Gasteiger partial charge in [-0.3, -0.25) is 0 Å². The smallest absolute Gasteiger partial charge is 0.396 e. The third-order valence-electron chi connectivity index (χ3n) is 2.46. The quantitative estimate of drug-likeness (QED) is 0.716. The van der Waals surface area contributed by atoms with Gasteiger partial charge in [0.15, 0.2) is 0 Å². The van der Waals surface area contributed by atoms with Gasteiger partial charge in [-0.25, -0.2) is 4.79 Å². The number of esters is 1. The minimum atomic E-state index is -0.583. The van der Waals surface area contributed by atoms with Gasteiger partial charge < -0.3 is 9.15 Å². The van der Waals surface area contributed by atoms with E-state index in [4.69, 9.17) is 4.42 Å². The van der Waals surface area contributed by atoms with E-state index in [1.807, 2.05) is 0 Å². The molecule has 1 aliphatic heterocycles. The Morgan fingerprint density at radius 3 is 3.00 bits per heavy atom. The van der Waals surface area contributed by atoms with E-state index in [0.717, 1.165) is 18.6 Å². The standard InChI is InChI=1S/C9H12N2O3S/c1-9(4-3-5-15-9)8-11-10-6(14-8)7(12)13-2/h3-5H2,1-2H3. The Kier molecular flexibility index (Phi) is 2.68. The SMILES string of the molecule is COC(=O)c1nnc(C2(C)CCCS2)o1. The molecule has 1 aromatic heterocycles. The van der Waals surface area contributed by atoms with Crippen molar-refractivity contribution in [2.75, 3.05) is 12.9 Å². The number of thioether (sulfide) groups is 1. The van der Waals surface area contributed by atoms with E-state index in [0.29, 0.717) is 5.89 Å². The summed E-state index contributed by atoms with van der Waals surface area (Å²) in [6, 6.07) is 0. The lowest BCUT2D eigenvalue weighted by Crippen LogP contribution is -2.13. The summed E-state index contributed by atoms with van der Waals surface area (Å²) in [4.78, 5) is 11.1. The third kappa shape index (κ3) is 1.86. The minimum Gasteiger partial charge on any atom is -0.462 e. The fourth-order valence-electron chi connectivity index (χ4n) is 1.55. The Hall–Kier alpha value is -1.04. The molecule has 0 radical (unpaired) electrons. The maximum absolute atomic E-state index is 11.1. The van der Waals surface area contributed by atoms with Crippen LogP contribution in [0.1, 0.15) is 36.3 Å². The van der Waals surface area contributed by atoms with Crippen molar-refractivity contribution in [1.29, 1.82) is 0 Å². The van der Waals surface area contributed by atoms with Crippen LogP contribution in [0.5, 0.6) is 0 Å². The van der Waals surface area contributed by atoms with Crippen molar-refractivity contribution in [3.63, 3.8) is 0 Å². The molecule has 82 valence electrons. The molecule has 6 heteroatoms. The van der Waals surface area contributed by atoms with Crippen LogP contribution in [-0.4, -0.2) is 29.0 Å². The zero-order valence-corrected chi connectivity index (χ0v) is 9.47. The van der Waals surface area contributed by atoms with E-state index >= 15 is 0 Å². The lowest BCUT2D eigenvalue weighted by molar-refractivity contribution is 0.0553. The maximum Gasteiger partial charge on any atom is 0.396 e. The molecule has 1 atom stereocenters. The highest BCUT2D eigenvalue weighted by atomic mass is 32.2. The van der Waals surface area contributed by atoms with Crippen molar-refractivity contribution in [2.45, 2.75) is 24.5 Å². The first-order valence-electron chi connectivity index (χ1n) is 4.72. The first-order valence-corrected chi connectivity index (χ1v) is 5.70. The zero-order valence-electron chi connectivity index (χ0n) is 8.65. The molecule has 2 rings (SSSR count). The van der Waals surface area contributed by atoms with Crippen LogP contribution >= 0.6 is 11.8 Å². The predicted octanol–water partition coefficient (Wildman–Crippen LogP) is 1.60. The van der Waals surface area contributed by atoms with Crippen LogP contribution in [0.25, 0.3) is 0 Å². The van der Waals surface area contributed by atoms with Gasteiger partial charge in [-0.05, 0) is 25.5 Å². The van der Waals surface area contributed by atoms with Gasteiger partial charge in [0, 0.05) is 0 Å². The largest absolute Gasteiger partial charge is 0.462 e. The van der Waals surface area contributed by atoms with Crippen molar-refractivity contribution in [2.24, 2.45) is 0 Å². The fraction of sp³-hybridized carbons (Fsp3) is 0.667. The average Bonchev–Trinajstić information content (AvgIpc) is 2.85. The van der Waals surface area contributed by atoms with Gasteiger partial charge in [0.25, 0.3) is 0 Å². The monoisotopic (exact) mass is 228 g/mol. The molecule has 1 fully saturated rings. The Morgan fingerprint density at radius 2 is 2.40 bits per heavy atom. The van der Waals surface area contributed by atoms with Crippen molar-refractivity contribution in [1.82, 2.24) is 10.2 Å². The molecule has 0 amide bonds. The Labute approximate surface area is 91.6 Å². The van der Waals surface area contributed by atoms with Crippen molar-refractivity contribution < 1.29 is 13.9 Å². The van der Waals surface area contributed by atoms with Gasteiger partial charge in [-0.1, -0.05) is 0 Å².